The minimum atomic E-state index is 0.412. The van der Waals surface area contributed by atoms with Crippen molar-refractivity contribution in [2.45, 2.75) is 6.54 Å². The lowest BCUT2D eigenvalue weighted by atomic mass is 10.2. The molecular formula is C19H16N4OS. The average molecular weight is 348 g/mol. The summed E-state index contributed by atoms with van der Waals surface area (Å²) in [6.07, 6.45) is 1.79. The van der Waals surface area contributed by atoms with Crippen molar-refractivity contribution in [1.29, 1.82) is 0 Å². The van der Waals surface area contributed by atoms with Gasteiger partial charge >= 0.3 is 0 Å². The Labute approximate surface area is 149 Å². The number of benzene rings is 1. The standard InChI is InChI=1S/C19H16N4OS/c20-19-17-18(15-7-1-2-8-16(15)22-19)23(13-21-17)9-11-24-10-3-5-14-6-4-12-25-14/h1-2,4,6-8,12-13H,9-11H2,(H2,20,22). The minimum Gasteiger partial charge on any atom is -0.382 e. The van der Waals surface area contributed by atoms with Crippen molar-refractivity contribution < 1.29 is 4.74 Å². The molecule has 0 radical (unpaired) electrons. The molecule has 0 atom stereocenters. The lowest BCUT2D eigenvalue weighted by Crippen LogP contribution is -2.06. The van der Waals surface area contributed by atoms with Crippen molar-refractivity contribution in [3.63, 3.8) is 0 Å². The van der Waals surface area contributed by atoms with E-state index in [9.17, 15) is 0 Å². The van der Waals surface area contributed by atoms with E-state index in [1.54, 1.807) is 17.7 Å². The number of nitrogens with two attached hydrogens (primary N) is 1. The van der Waals surface area contributed by atoms with Crippen LogP contribution in [0.25, 0.3) is 21.9 Å². The topological polar surface area (TPSA) is 66.0 Å². The van der Waals surface area contributed by atoms with E-state index in [0.29, 0.717) is 25.6 Å². The zero-order chi connectivity index (χ0) is 17.1. The van der Waals surface area contributed by atoms with E-state index in [2.05, 4.69) is 26.4 Å². The summed E-state index contributed by atoms with van der Waals surface area (Å²) >= 11 is 1.63. The predicted molar refractivity (Wildman–Crippen MR) is 101 cm³/mol. The van der Waals surface area contributed by atoms with E-state index in [1.165, 1.54) is 0 Å². The Morgan fingerprint density at radius 2 is 2.12 bits per heavy atom. The summed E-state index contributed by atoms with van der Waals surface area (Å²) in [5.41, 5.74) is 8.64. The van der Waals surface area contributed by atoms with E-state index < -0.39 is 0 Å². The van der Waals surface area contributed by atoms with E-state index in [0.717, 1.165) is 26.8 Å². The molecule has 0 aliphatic carbocycles. The number of hydrogen-bond acceptors (Lipinski definition) is 5. The number of hydrogen-bond donors (Lipinski definition) is 1. The molecule has 0 saturated heterocycles. The largest absolute Gasteiger partial charge is 0.382 e. The molecule has 0 bridgehead atoms. The van der Waals surface area contributed by atoms with Crippen LogP contribution in [-0.2, 0) is 11.3 Å². The summed E-state index contributed by atoms with van der Waals surface area (Å²) < 4.78 is 7.69. The molecular weight excluding hydrogens is 332 g/mol. The molecule has 1 aromatic carbocycles. The number of para-hydroxylation sites is 1. The molecule has 0 aliphatic rings. The van der Waals surface area contributed by atoms with Crippen LogP contribution in [0.3, 0.4) is 0 Å². The fraction of sp³-hybridized carbons (Fsp3) is 0.158. The molecule has 0 spiro atoms. The maximum absolute atomic E-state index is 6.04. The molecule has 5 nitrogen and oxygen atoms in total. The van der Waals surface area contributed by atoms with Crippen molar-refractivity contribution in [3.8, 4) is 11.8 Å². The molecule has 0 aliphatic heterocycles. The summed E-state index contributed by atoms with van der Waals surface area (Å²) in [6, 6.07) is 11.9. The average Bonchev–Trinajstić information content (AvgIpc) is 3.28. The number of fused-ring (bicyclic) bond motifs is 3. The van der Waals surface area contributed by atoms with Gasteiger partial charge in [0.1, 0.15) is 12.1 Å². The number of ether oxygens (including phenoxy) is 1. The molecule has 2 N–H and O–H groups in total. The second-order valence-electron chi connectivity index (χ2n) is 5.48. The molecule has 124 valence electrons. The number of thiophene rings is 1. The smallest absolute Gasteiger partial charge is 0.152 e. The molecule has 0 fully saturated rings. The second kappa shape index (κ2) is 6.93. The Morgan fingerprint density at radius 3 is 3.00 bits per heavy atom. The van der Waals surface area contributed by atoms with Crippen LogP contribution in [0.1, 0.15) is 4.88 Å². The van der Waals surface area contributed by atoms with Crippen LogP contribution in [0, 0.1) is 11.8 Å². The van der Waals surface area contributed by atoms with Gasteiger partial charge in [0.15, 0.2) is 5.82 Å². The number of rotatable bonds is 4. The van der Waals surface area contributed by atoms with Crippen LogP contribution in [-0.4, -0.2) is 27.7 Å². The summed E-state index contributed by atoms with van der Waals surface area (Å²) in [7, 11) is 0. The Balaban J connectivity index is 1.48. The van der Waals surface area contributed by atoms with Gasteiger partial charge < -0.3 is 15.0 Å². The van der Waals surface area contributed by atoms with Crippen LogP contribution in [0.15, 0.2) is 48.1 Å². The van der Waals surface area contributed by atoms with Gasteiger partial charge in [0.05, 0.1) is 28.8 Å². The lowest BCUT2D eigenvalue weighted by molar-refractivity contribution is 0.158. The van der Waals surface area contributed by atoms with Gasteiger partial charge in [0.25, 0.3) is 0 Å². The minimum absolute atomic E-state index is 0.412. The van der Waals surface area contributed by atoms with E-state index in [1.807, 2.05) is 41.8 Å². The highest BCUT2D eigenvalue weighted by atomic mass is 32.1. The van der Waals surface area contributed by atoms with Gasteiger partial charge in [-0.25, -0.2) is 9.97 Å². The van der Waals surface area contributed by atoms with Crippen molar-refractivity contribution in [2.75, 3.05) is 18.9 Å². The molecule has 6 heteroatoms. The fourth-order valence-electron chi connectivity index (χ4n) is 2.73. The number of aromatic nitrogens is 3. The van der Waals surface area contributed by atoms with Crippen LogP contribution >= 0.6 is 11.3 Å². The number of imidazole rings is 1. The number of pyridine rings is 1. The van der Waals surface area contributed by atoms with E-state index >= 15 is 0 Å². The molecule has 3 heterocycles. The van der Waals surface area contributed by atoms with Gasteiger partial charge in [-0.15, -0.1) is 11.3 Å². The number of nitrogen functional groups attached to an aromatic ring is 1. The maximum atomic E-state index is 6.04. The maximum Gasteiger partial charge on any atom is 0.152 e. The Hall–Kier alpha value is -2.88. The first-order valence-corrected chi connectivity index (χ1v) is 8.80. The Morgan fingerprint density at radius 1 is 1.20 bits per heavy atom. The van der Waals surface area contributed by atoms with E-state index in [-0.39, 0.29) is 0 Å². The van der Waals surface area contributed by atoms with Crippen molar-refractivity contribution in [2.24, 2.45) is 0 Å². The number of anilines is 1. The van der Waals surface area contributed by atoms with Crippen LogP contribution < -0.4 is 5.73 Å². The predicted octanol–water partition coefficient (Wildman–Crippen LogP) is 3.30. The van der Waals surface area contributed by atoms with Crippen molar-refractivity contribution in [3.05, 3.63) is 53.0 Å². The number of nitrogens with zero attached hydrogens (tertiary/aromatic N) is 3. The summed E-state index contributed by atoms with van der Waals surface area (Å²) in [5, 5.41) is 3.06. The highest BCUT2D eigenvalue weighted by Crippen LogP contribution is 2.26. The second-order valence-corrected chi connectivity index (χ2v) is 6.43. The van der Waals surface area contributed by atoms with E-state index in [4.69, 9.17) is 10.5 Å². The third-order valence-electron chi connectivity index (χ3n) is 3.86. The first kappa shape index (κ1) is 15.6. The molecule has 3 aromatic heterocycles. The lowest BCUT2D eigenvalue weighted by Gasteiger charge is -2.07. The van der Waals surface area contributed by atoms with Gasteiger partial charge in [0, 0.05) is 11.9 Å². The third-order valence-corrected chi connectivity index (χ3v) is 4.65. The van der Waals surface area contributed by atoms with Gasteiger partial charge in [-0.05, 0) is 17.5 Å². The molecule has 0 unspecified atom stereocenters. The van der Waals surface area contributed by atoms with Crippen LogP contribution in [0.2, 0.25) is 0 Å². The van der Waals surface area contributed by atoms with Gasteiger partial charge in [-0.3, -0.25) is 0 Å². The zero-order valence-electron chi connectivity index (χ0n) is 13.5. The summed E-state index contributed by atoms with van der Waals surface area (Å²) in [4.78, 5) is 9.88. The third kappa shape index (κ3) is 3.20. The molecule has 25 heavy (non-hydrogen) atoms. The fourth-order valence-corrected chi connectivity index (χ4v) is 3.33. The van der Waals surface area contributed by atoms with Gasteiger partial charge in [-0.2, -0.15) is 0 Å². The molecule has 0 amide bonds. The SMILES string of the molecule is Nc1nc2ccccc2c2c1ncn2CCOCC#Cc1cccs1. The molecule has 4 rings (SSSR count). The Kier molecular flexibility index (Phi) is 4.34. The zero-order valence-corrected chi connectivity index (χ0v) is 14.3. The van der Waals surface area contributed by atoms with Crippen LogP contribution in [0.5, 0.6) is 0 Å². The highest BCUT2D eigenvalue weighted by Gasteiger charge is 2.11. The first-order chi connectivity index (χ1) is 12.3. The van der Waals surface area contributed by atoms with Crippen molar-refractivity contribution in [1.82, 2.24) is 14.5 Å². The normalized spacial score (nSPS) is 10.9. The van der Waals surface area contributed by atoms with Gasteiger partial charge in [0.2, 0.25) is 0 Å². The molecule has 0 saturated carbocycles. The molecule has 4 aromatic rings. The Bertz CT molecular complexity index is 1070. The monoisotopic (exact) mass is 348 g/mol. The van der Waals surface area contributed by atoms with Gasteiger partial charge in [-0.1, -0.05) is 36.1 Å². The quantitative estimate of drug-likeness (QED) is 0.454. The van der Waals surface area contributed by atoms with Crippen LogP contribution in [0.4, 0.5) is 5.82 Å². The summed E-state index contributed by atoms with van der Waals surface area (Å²) in [6.45, 7) is 1.65. The first-order valence-electron chi connectivity index (χ1n) is 7.92. The van der Waals surface area contributed by atoms with Crippen molar-refractivity contribution >= 4 is 39.1 Å². The highest BCUT2D eigenvalue weighted by molar-refractivity contribution is 7.10. The summed E-state index contributed by atoms with van der Waals surface area (Å²) in [5.74, 6) is 6.56.